The molecule has 0 saturated heterocycles. The van der Waals surface area contributed by atoms with Crippen molar-refractivity contribution in [1.82, 2.24) is 6.15 Å². The molecule has 0 unspecified atom stereocenters. The van der Waals surface area contributed by atoms with E-state index in [9.17, 15) is 0 Å². The molecule has 50 valence electrons. The minimum atomic E-state index is -3.13. The maximum absolute atomic E-state index is 5.02. The van der Waals surface area contributed by atoms with Crippen molar-refractivity contribution in [1.29, 1.82) is 0 Å². The van der Waals surface area contributed by atoms with Gasteiger partial charge in [-0.25, -0.2) is 0 Å². The molecule has 0 saturated carbocycles. The minimum absolute atomic E-state index is 0. The Morgan fingerprint density at radius 3 is 0.857 bits per heavy atom. The Labute approximate surface area is 62.8 Å². The van der Waals surface area contributed by atoms with Crippen LogP contribution in [0, 0.1) is 0 Å². The molecular weight excluding hydrogens is 264 g/mol. The third-order valence-electron chi connectivity index (χ3n) is 0. The molecule has 0 aliphatic heterocycles. The zero-order valence-corrected chi connectivity index (χ0v) is 7.66. The predicted molar refractivity (Wildman–Crippen MR) is 35.2 cm³/mol. The molecule has 0 aliphatic rings. The monoisotopic (exact) mass is 271 g/mol. The van der Waals surface area contributed by atoms with Crippen molar-refractivity contribution in [2.75, 3.05) is 0 Å². The summed E-state index contributed by atoms with van der Waals surface area (Å²) in [5, 5.41) is 0. The van der Waals surface area contributed by atoms with Crippen LogP contribution in [0.4, 0.5) is 0 Å². The van der Waals surface area contributed by atoms with E-state index in [-0.39, 0.29) is 13.6 Å². The van der Waals surface area contributed by atoms with Crippen LogP contribution in [0.2, 0.25) is 0 Å². The first kappa shape index (κ1) is 15.9. The maximum atomic E-state index is 5.02. The van der Waals surface area contributed by atoms with Gasteiger partial charge in [0, 0.05) is 0 Å². The predicted octanol–water partition coefficient (Wildman–Crippen LogP) is 3.55. The van der Waals surface area contributed by atoms with Gasteiger partial charge < -0.3 is 6.15 Å². The van der Waals surface area contributed by atoms with Crippen molar-refractivity contribution in [2.24, 2.45) is 0 Å². The van der Waals surface area contributed by atoms with Crippen LogP contribution in [0.1, 0.15) is 7.43 Å². The summed E-state index contributed by atoms with van der Waals surface area (Å²) >= 11 is -3.13. The van der Waals surface area contributed by atoms with E-state index in [0.717, 1.165) is 0 Å². The zero-order valence-electron chi connectivity index (χ0n) is 2.63. The molecular formula is CH7Cl4MoN. The summed E-state index contributed by atoms with van der Waals surface area (Å²) in [7, 11) is 20.1. The van der Waals surface area contributed by atoms with Gasteiger partial charge in [-0.05, 0) is 0 Å². The summed E-state index contributed by atoms with van der Waals surface area (Å²) in [5.74, 6) is 0. The van der Waals surface area contributed by atoms with E-state index in [0.29, 0.717) is 0 Å². The van der Waals surface area contributed by atoms with Gasteiger partial charge in [-0.3, -0.25) is 0 Å². The Balaban J connectivity index is -0.0000000800. The molecule has 3 N–H and O–H groups in total. The standard InChI is InChI=1S/CH4.4ClH.Mo.H3N/h1H4;4*1H;;1H3/q;;;;;+4;/p-4. The van der Waals surface area contributed by atoms with Crippen LogP contribution in [0.3, 0.4) is 0 Å². The second kappa shape index (κ2) is 5.94. The molecule has 7 heavy (non-hydrogen) atoms. The van der Waals surface area contributed by atoms with Gasteiger partial charge in [0.2, 0.25) is 0 Å². The second-order valence-electron chi connectivity index (χ2n) is 0.350. The summed E-state index contributed by atoms with van der Waals surface area (Å²) in [6.07, 6.45) is 0. The van der Waals surface area contributed by atoms with E-state index in [1.165, 1.54) is 0 Å². The van der Waals surface area contributed by atoms with E-state index in [4.69, 9.17) is 37.7 Å². The molecule has 0 aromatic heterocycles. The van der Waals surface area contributed by atoms with Crippen molar-refractivity contribution in [2.45, 2.75) is 7.43 Å². The topological polar surface area (TPSA) is 35.0 Å². The Morgan fingerprint density at radius 2 is 0.857 bits per heavy atom. The van der Waals surface area contributed by atoms with Crippen LogP contribution >= 0.6 is 37.7 Å². The van der Waals surface area contributed by atoms with Crippen LogP contribution < -0.4 is 6.15 Å². The van der Waals surface area contributed by atoms with E-state index in [1.807, 2.05) is 0 Å². The fraction of sp³-hybridized carbons (Fsp3) is 1.00. The molecule has 0 heterocycles. The fourth-order valence-corrected chi connectivity index (χ4v) is 0. The van der Waals surface area contributed by atoms with Gasteiger partial charge in [0.1, 0.15) is 0 Å². The molecule has 0 atom stereocenters. The average Bonchev–Trinajstić information content (AvgIpc) is 0.722. The molecule has 1 nitrogen and oxygen atoms in total. The van der Waals surface area contributed by atoms with E-state index in [2.05, 4.69) is 0 Å². The van der Waals surface area contributed by atoms with Crippen LogP contribution in [0.5, 0.6) is 0 Å². The Bertz CT molecular complexity index is 27.2. The molecule has 0 spiro atoms. The van der Waals surface area contributed by atoms with Crippen LogP contribution in [-0.2, 0) is 11.9 Å². The fourth-order valence-electron chi connectivity index (χ4n) is 0. The zero-order chi connectivity index (χ0) is 4.50. The van der Waals surface area contributed by atoms with Crippen LogP contribution in [0.15, 0.2) is 0 Å². The van der Waals surface area contributed by atoms with Gasteiger partial charge in [-0.15, -0.1) is 0 Å². The van der Waals surface area contributed by atoms with Gasteiger partial charge in [-0.2, -0.15) is 0 Å². The SMILES string of the molecule is C.N.[Cl][Mo]([Cl])([Cl])[Cl]. The molecule has 0 fully saturated rings. The first-order valence-electron chi connectivity index (χ1n) is 0.617. The van der Waals surface area contributed by atoms with Crippen LogP contribution in [-0.4, -0.2) is 0 Å². The second-order valence-corrected chi connectivity index (χ2v) is 18.6. The van der Waals surface area contributed by atoms with E-state index < -0.39 is 11.9 Å². The van der Waals surface area contributed by atoms with Crippen LogP contribution in [0.25, 0.3) is 0 Å². The summed E-state index contributed by atoms with van der Waals surface area (Å²) in [5.41, 5.74) is 0. The Morgan fingerprint density at radius 1 is 0.857 bits per heavy atom. The van der Waals surface area contributed by atoms with Crippen molar-refractivity contribution in [3.05, 3.63) is 0 Å². The van der Waals surface area contributed by atoms with Gasteiger partial charge in [0.15, 0.2) is 0 Å². The molecule has 0 bridgehead atoms. The molecule has 0 aliphatic carbocycles. The summed E-state index contributed by atoms with van der Waals surface area (Å²) in [6, 6.07) is 0. The molecule has 0 radical (unpaired) electrons. The van der Waals surface area contributed by atoms with Crippen molar-refractivity contribution >= 4 is 37.7 Å². The van der Waals surface area contributed by atoms with Gasteiger partial charge >= 0.3 is 49.6 Å². The van der Waals surface area contributed by atoms with Gasteiger partial charge in [0.05, 0.1) is 0 Å². The normalized spacial score (nSPS) is 10.9. The third kappa shape index (κ3) is 80.6. The Hall–Kier alpha value is 1.81. The average molecular weight is 271 g/mol. The Kier molecular flexibility index (Phi) is 13.5. The van der Waals surface area contributed by atoms with Crippen molar-refractivity contribution < 1.29 is 11.9 Å². The number of hydrogen-bond acceptors (Lipinski definition) is 1. The molecule has 0 aromatic rings. The first-order valence-corrected chi connectivity index (χ1v) is 11.0. The van der Waals surface area contributed by atoms with Crippen molar-refractivity contribution in [3.8, 4) is 0 Å². The van der Waals surface area contributed by atoms with E-state index >= 15 is 0 Å². The molecule has 0 amide bonds. The first-order chi connectivity index (χ1) is 2.00. The molecule has 6 heteroatoms. The van der Waals surface area contributed by atoms with E-state index in [1.54, 1.807) is 0 Å². The summed E-state index contributed by atoms with van der Waals surface area (Å²) in [4.78, 5) is 0. The summed E-state index contributed by atoms with van der Waals surface area (Å²) < 4.78 is 0. The molecule has 0 rings (SSSR count). The third-order valence-corrected chi connectivity index (χ3v) is 0. The van der Waals surface area contributed by atoms with Crippen molar-refractivity contribution in [3.63, 3.8) is 0 Å². The van der Waals surface area contributed by atoms with Gasteiger partial charge in [0.25, 0.3) is 0 Å². The summed E-state index contributed by atoms with van der Waals surface area (Å²) in [6.45, 7) is 0. The quantitative estimate of drug-likeness (QED) is 0.671. The number of rotatable bonds is 0. The van der Waals surface area contributed by atoms with Gasteiger partial charge in [-0.1, -0.05) is 7.43 Å². The number of hydrogen-bond donors (Lipinski definition) is 1. The molecule has 0 aromatic carbocycles. The number of halogens is 4.